The van der Waals surface area contributed by atoms with Gasteiger partial charge < -0.3 is 10.1 Å². The first kappa shape index (κ1) is 16.5. The summed E-state index contributed by atoms with van der Waals surface area (Å²) in [7, 11) is 0. The summed E-state index contributed by atoms with van der Waals surface area (Å²) in [5, 5.41) is 14.6. The summed E-state index contributed by atoms with van der Waals surface area (Å²) in [6.07, 6.45) is 0. The van der Waals surface area contributed by atoms with Crippen LogP contribution < -0.4 is 15.4 Å². The van der Waals surface area contributed by atoms with Crippen molar-refractivity contribution >= 4 is 28.9 Å². The lowest BCUT2D eigenvalue weighted by Gasteiger charge is -2.12. The molecule has 0 unspecified atom stereocenters. The van der Waals surface area contributed by atoms with E-state index in [9.17, 15) is 4.79 Å². The number of thiocarbonyl (C=S) groups is 1. The normalized spacial score (nSPS) is 9.57. The van der Waals surface area contributed by atoms with Crippen molar-refractivity contribution in [2.75, 3.05) is 11.9 Å². The Kier molecular flexibility index (Phi) is 5.67. The molecule has 6 heteroatoms. The van der Waals surface area contributed by atoms with E-state index in [-0.39, 0.29) is 11.0 Å². The first-order valence-electron chi connectivity index (χ1n) is 6.99. The Morgan fingerprint density at radius 3 is 2.65 bits per heavy atom. The molecule has 0 spiro atoms. The molecule has 23 heavy (non-hydrogen) atoms. The number of amides is 1. The maximum Gasteiger partial charge on any atom is 0.261 e. The average molecular weight is 325 g/mol. The third-order valence-corrected chi connectivity index (χ3v) is 3.16. The number of nitrogens with one attached hydrogen (secondary N) is 2. The highest BCUT2D eigenvalue weighted by Crippen LogP contribution is 2.18. The van der Waals surface area contributed by atoms with Crippen LogP contribution in [0.15, 0.2) is 48.5 Å². The van der Waals surface area contributed by atoms with E-state index in [1.165, 1.54) is 0 Å². The van der Waals surface area contributed by atoms with E-state index >= 15 is 0 Å². The summed E-state index contributed by atoms with van der Waals surface area (Å²) in [6, 6.07) is 15.9. The number of anilines is 1. The zero-order valence-corrected chi connectivity index (χ0v) is 13.3. The molecule has 116 valence electrons. The van der Waals surface area contributed by atoms with E-state index in [1.807, 2.05) is 6.92 Å². The van der Waals surface area contributed by atoms with Crippen molar-refractivity contribution in [1.82, 2.24) is 5.32 Å². The monoisotopic (exact) mass is 325 g/mol. The summed E-state index contributed by atoms with van der Waals surface area (Å²) in [5.41, 5.74) is 1.38. The second kappa shape index (κ2) is 7.92. The number of carbonyl (C=O) groups is 1. The average Bonchev–Trinajstić information content (AvgIpc) is 2.56. The lowest BCUT2D eigenvalue weighted by molar-refractivity contribution is 0.0974. The minimum absolute atomic E-state index is 0.115. The van der Waals surface area contributed by atoms with Gasteiger partial charge in [-0.25, -0.2) is 0 Å². The lowest BCUT2D eigenvalue weighted by atomic mass is 10.2. The molecule has 1 amide bonds. The summed E-state index contributed by atoms with van der Waals surface area (Å²) >= 11 is 5.13. The Labute approximate surface area is 139 Å². The number of hydrogen-bond donors (Lipinski definition) is 2. The molecule has 2 aromatic carbocycles. The largest absolute Gasteiger partial charge is 0.493 e. The summed E-state index contributed by atoms with van der Waals surface area (Å²) in [4.78, 5) is 12.3. The molecule has 0 saturated carbocycles. The van der Waals surface area contributed by atoms with Gasteiger partial charge in [0.15, 0.2) is 5.11 Å². The fraction of sp³-hybridized carbons (Fsp3) is 0.118. The summed E-state index contributed by atoms with van der Waals surface area (Å²) in [6.45, 7) is 2.31. The number of rotatable bonds is 4. The van der Waals surface area contributed by atoms with Gasteiger partial charge in [-0.2, -0.15) is 5.26 Å². The number of nitrogens with zero attached hydrogens (tertiary/aromatic N) is 1. The van der Waals surface area contributed by atoms with E-state index in [4.69, 9.17) is 22.2 Å². The molecule has 0 aliphatic heterocycles. The molecular formula is C17H15N3O2S. The Balaban J connectivity index is 2.09. The van der Waals surface area contributed by atoms with Gasteiger partial charge in [0.25, 0.3) is 5.91 Å². The SMILES string of the molecule is CCOc1ccccc1C(=O)NC(=S)Nc1ccccc1C#N. The molecule has 0 saturated heterocycles. The van der Waals surface area contributed by atoms with Gasteiger partial charge in [-0.05, 0) is 43.4 Å². The molecule has 0 atom stereocenters. The number of benzene rings is 2. The molecular weight excluding hydrogens is 310 g/mol. The van der Waals surface area contributed by atoms with Crippen LogP contribution in [0.25, 0.3) is 0 Å². The van der Waals surface area contributed by atoms with Crippen LogP contribution in [0, 0.1) is 11.3 Å². The van der Waals surface area contributed by atoms with Gasteiger partial charge in [-0.1, -0.05) is 24.3 Å². The predicted molar refractivity (Wildman–Crippen MR) is 92.5 cm³/mol. The van der Waals surface area contributed by atoms with Crippen LogP contribution in [0.1, 0.15) is 22.8 Å². The molecule has 0 fully saturated rings. The summed E-state index contributed by atoms with van der Waals surface area (Å²) < 4.78 is 5.43. The van der Waals surface area contributed by atoms with Crippen LogP contribution in [0.4, 0.5) is 5.69 Å². The van der Waals surface area contributed by atoms with Crippen molar-refractivity contribution < 1.29 is 9.53 Å². The zero-order chi connectivity index (χ0) is 16.7. The van der Waals surface area contributed by atoms with Gasteiger partial charge in [-0.3, -0.25) is 10.1 Å². The summed E-state index contributed by atoms with van der Waals surface area (Å²) in [5.74, 6) is 0.119. The van der Waals surface area contributed by atoms with E-state index in [2.05, 4.69) is 16.7 Å². The first-order chi connectivity index (χ1) is 11.2. The van der Waals surface area contributed by atoms with E-state index in [1.54, 1.807) is 48.5 Å². The number of para-hydroxylation sites is 2. The topological polar surface area (TPSA) is 74.2 Å². The molecule has 5 nitrogen and oxygen atoms in total. The second-order valence-electron chi connectivity index (χ2n) is 4.49. The van der Waals surface area contributed by atoms with Gasteiger partial charge >= 0.3 is 0 Å². The molecule has 0 aliphatic rings. The smallest absolute Gasteiger partial charge is 0.261 e. The minimum Gasteiger partial charge on any atom is -0.493 e. The van der Waals surface area contributed by atoms with Crippen molar-refractivity contribution in [1.29, 1.82) is 5.26 Å². The van der Waals surface area contributed by atoms with Crippen molar-refractivity contribution in [2.24, 2.45) is 0 Å². The van der Waals surface area contributed by atoms with Gasteiger partial charge in [0.2, 0.25) is 0 Å². The van der Waals surface area contributed by atoms with Crippen molar-refractivity contribution in [3.05, 3.63) is 59.7 Å². The third-order valence-electron chi connectivity index (χ3n) is 2.95. The van der Waals surface area contributed by atoms with Gasteiger partial charge in [0, 0.05) is 0 Å². The van der Waals surface area contributed by atoms with E-state index in [0.717, 1.165) is 0 Å². The molecule has 2 N–H and O–H groups in total. The molecule has 2 rings (SSSR count). The van der Waals surface area contributed by atoms with Crippen LogP contribution >= 0.6 is 12.2 Å². The quantitative estimate of drug-likeness (QED) is 0.845. The fourth-order valence-electron chi connectivity index (χ4n) is 1.95. The van der Waals surface area contributed by atoms with Crippen LogP contribution in [0.5, 0.6) is 5.75 Å². The van der Waals surface area contributed by atoms with Crippen LogP contribution in [0.2, 0.25) is 0 Å². The van der Waals surface area contributed by atoms with Crippen molar-refractivity contribution in [2.45, 2.75) is 6.92 Å². The maximum absolute atomic E-state index is 12.3. The Morgan fingerprint density at radius 2 is 1.91 bits per heavy atom. The van der Waals surface area contributed by atoms with Crippen molar-refractivity contribution in [3.8, 4) is 11.8 Å². The zero-order valence-electron chi connectivity index (χ0n) is 12.5. The number of ether oxygens (including phenoxy) is 1. The molecule has 0 aromatic heterocycles. The molecule has 2 aromatic rings. The number of carbonyl (C=O) groups excluding carboxylic acids is 1. The van der Waals surface area contributed by atoms with Gasteiger partial charge in [-0.15, -0.1) is 0 Å². The highest BCUT2D eigenvalue weighted by molar-refractivity contribution is 7.80. The highest BCUT2D eigenvalue weighted by atomic mass is 32.1. The van der Waals surface area contributed by atoms with Crippen LogP contribution in [-0.4, -0.2) is 17.6 Å². The van der Waals surface area contributed by atoms with Gasteiger partial charge in [0.05, 0.1) is 23.4 Å². The highest BCUT2D eigenvalue weighted by Gasteiger charge is 2.13. The van der Waals surface area contributed by atoms with Crippen molar-refractivity contribution in [3.63, 3.8) is 0 Å². The molecule has 0 radical (unpaired) electrons. The number of nitriles is 1. The minimum atomic E-state index is -0.374. The second-order valence-corrected chi connectivity index (χ2v) is 4.90. The predicted octanol–water partition coefficient (Wildman–Crippen LogP) is 3.08. The van der Waals surface area contributed by atoms with Gasteiger partial charge in [0.1, 0.15) is 11.8 Å². The molecule has 0 heterocycles. The van der Waals surface area contributed by atoms with E-state index in [0.29, 0.717) is 29.2 Å². The fourth-order valence-corrected chi connectivity index (χ4v) is 2.15. The Bertz CT molecular complexity index is 768. The Hall–Kier alpha value is -2.91. The van der Waals surface area contributed by atoms with Crippen LogP contribution in [0.3, 0.4) is 0 Å². The molecule has 0 bridgehead atoms. The van der Waals surface area contributed by atoms with Crippen LogP contribution in [-0.2, 0) is 0 Å². The maximum atomic E-state index is 12.3. The standard InChI is InChI=1S/C17H15N3O2S/c1-2-22-15-10-6-4-8-13(15)16(21)20-17(23)19-14-9-5-3-7-12(14)11-18/h3-10H,2H2,1H3,(H2,19,20,21,23). The van der Waals surface area contributed by atoms with E-state index < -0.39 is 0 Å². The Morgan fingerprint density at radius 1 is 1.22 bits per heavy atom. The first-order valence-corrected chi connectivity index (χ1v) is 7.39. The number of hydrogen-bond acceptors (Lipinski definition) is 4. The molecule has 0 aliphatic carbocycles. The lowest BCUT2D eigenvalue weighted by Crippen LogP contribution is -2.34. The third kappa shape index (κ3) is 4.28.